The maximum Gasteiger partial charge on any atom is 0.255 e. The van der Waals surface area contributed by atoms with Crippen molar-refractivity contribution in [2.24, 2.45) is 5.73 Å². The summed E-state index contributed by atoms with van der Waals surface area (Å²) in [6.45, 7) is 5.71. The molecule has 3 fully saturated rings. The Morgan fingerprint density at radius 3 is 2.78 bits per heavy atom. The third kappa shape index (κ3) is 2.14. The lowest BCUT2D eigenvalue weighted by molar-refractivity contribution is 0.00780. The van der Waals surface area contributed by atoms with Gasteiger partial charge in [-0.3, -0.25) is 9.80 Å². The summed E-state index contributed by atoms with van der Waals surface area (Å²) in [5, 5.41) is 13.8. The minimum Gasteiger partial charge on any atom is -0.383 e. The molecule has 0 saturated carbocycles. The van der Waals surface area contributed by atoms with Crippen LogP contribution in [0.25, 0.3) is 0 Å². The molecule has 3 aliphatic rings. The van der Waals surface area contributed by atoms with Gasteiger partial charge in [-0.05, 0) is 13.0 Å². The largest absolute Gasteiger partial charge is 0.383 e. The van der Waals surface area contributed by atoms with Crippen LogP contribution in [0, 0.1) is 0 Å². The van der Waals surface area contributed by atoms with E-state index in [1.165, 1.54) is 0 Å². The molecule has 0 amide bonds. The molecular weight excluding hydrogens is 234 g/mol. The molecule has 100 valence electrons. The van der Waals surface area contributed by atoms with Crippen LogP contribution in [0.4, 0.5) is 0 Å². The Morgan fingerprint density at radius 2 is 2.17 bits per heavy atom. The van der Waals surface area contributed by atoms with E-state index in [0.29, 0.717) is 18.8 Å². The number of piperazine rings is 3. The van der Waals surface area contributed by atoms with Gasteiger partial charge in [0.1, 0.15) is 6.10 Å². The van der Waals surface area contributed by atoms with E-state index in [1.807, 2.05) is 0 Å². The van der Waals surface area contributed by atoms with Crippen molar-refractivity contribution >= 4 is 0 Å². The maximum absolute atomic E-state index is 9.76. The molecule has 0 spiro atoms. The van der Waals surface area contributed by atoms with E-state index in [4.69, 9.17) is 10.3 Å². The SMILES string of the molecule is NCCC(O)c1nc(C2CN3CCN2CC3)no1. The zero-order chi connectivity index (χ0) is 12.5. The number of aliphatic hydroxyl groups is 1. The van der Waals surface area contributed by atoms with Crippen molar-refractivity contribution in [2.75, 3.05) is 39.3 Å². The fraction of sp³-hybridized carbons (Fsp3) is 0.818. The molecule has 0 aromatic carbocycles. The molecule has 3 N–H and O–H groups in total. The van der Waals surface area contributed by atoms with Gasteiger partial charge in [-0.1, -0.05) is 5.16 Å². The van der Waals surface area contributed by atoms with E-state index in [2.05, 4.69) is 19.9 Å². The standard InChI is InChI=1S/C11H19N5O2/c12-2-1-9(17)11-13-10(14-18-11)8-7-15-3-5-16(8)6-4-15/h8-9,17H,1-7,12H2. The Morgan fingerprint density at radius 1 is 1.39 bits per heavy atom. The molecule has 3 saturated heterocycles. The molecule has 0 aliphatic carbocycles. The highest BCUT2D eigenvalue weighted by atomic mass is 16.5. The average molecular weight is 253 g/mol. The number of fused-ring (bicyclic) bond motifs is 3. The van der Waals surface area contributed by atoms with Crippen LogP contribution in [0.1, 0.15) is 30.3 Å². The maximum atomic E-state index is 9.76. The lowest BCUT2D eigenvalue weighted by atomic mass is 10.1. The highest BCUT2D eigenvalue weighted by Gasteiger charge is 2.35. The molecule has 3 aliphatic heterocycles. The molecule has 1 aromatic heterocycles. The Kier molecular flexibility index (Phi) is 3.29. The molecule has 2 unspecified atom stereocenters. The predicted octanol–water partition coefficient (Wildman–Crippen LogP) is -0.876. The van der Waals surface area contributed by atoms with Gasteiger partial charge in [0.05, 0.1) is 6.04 Å². The normalized spacial score (nSPS) is 32.7. The fourth-order valence-corrected chi connectivity index (χ4v) is 2.66. The molecule has 7 heteroatoms. The van der Waals surface area contributed by atoms with Gasteiger partial charge < -0.3 is 15.4 Å². The Bertz CT molecular complexity index is 402. The van der Waals surface area contributed by atoms with E-state index >= 15 is 0 Å². The Balaban J connectivity index is 1.73. The summed E-state index contributed by atoms with van der Waals surface area (Å²) >= 11 is 0. The summed E-state index contributed by atoms with van der Waals surface area (Å²) < 4.78 is 5.13. The Hall–Kier alpha value is -1.02. The summed E-state index contributed by atoms with van der Waals surface area (Å²) in [5.41, 5.74) is 5.40. The molecule has 4 heterocycles. The topological polar surface area (TPSA) is 91.7 Å². The summed E-state index contributed by atoms with van der Waals surface area (Å²) in [6, 6.07) is 0.204. The Labute approximate surface area is 106 Å². The van der Waals surface area contributed by atoms with Gasteiger partial charge in [0.25, 0.3) is 5.89 Å². The van der Waals surface area contributed by atoms with Crippen molar-refractivity contribution in [3.05, 3.63) is 11.7 Å². The lowest BCUT2D eigenvalue weighted by Gasteiger charge is -2.46. The van der Waals surface area contributed by atoms with Crippen LogP contribution in [-0.4, -0.2) is 64.3 Å². The molecule has 2 atom stereocenters. The van der Waals surface area contributed by atoms with E-state index < -0.39 is 6.10 Å². The van der Waals surface area contributed by atoms with Gasteiger partial charge in [-0.25, -0.2) is 0 Å². The molecule has 4 rings (SSSR count). The van der Waals surface area contributed by atoms with Gasteiger partial charge in [-0.15, -0.1) is 0 Å². The highest BCUT2D eigenvalue weighted by Crippen LogP contribution is 2.27. The number of aliphatic hydroxyl groups excluding tert-OH is 1. The number of hydrogen-bond acceptors (Lipinski definition) is 7. The van der Waals surface area contributed by atoms with Crippen LogP contribution in [0.5, 0.6) is 0 Å². The van der Waals surface area contributed by atoms with E-state index in [-0.39, 0.29) is 11.9 Å². The number of nitrogens with two attached hydrogens (primary N) is 1. The van der Waals surface area contributed by atoms with E-state index in [0.717, 1.165) is 32.7 Å². The molecule has 2 bridgehead atoms. The lowest BCUT2D eigenvalue weighted by Crippen LogP contribution is -2.57. The van der Waals surface area contributed by atoms with Crippen LogP contribution in [0.15, 0.2) is 4.52 Å². The van der Waals surface area contributed by atoms with Crippen LogP contribution >= 0.6 is 0 Å². The predicted molar refractivity (Wildman–Crippen MR) is 63.7 cm³/mol. The highest BCUT2D eigenvalue weighted by molar-refractivity contribution is 5.02. The van der Waals surface area contributed by atoms with Gasteiger partial charge in [0.2, 0.25) is 0 Å². The molecule has 7 nitrogen and oxygen atoms in total. The minimum atomic E-state index is -0.743. The van der Waals surface area contributed by atoms with E-state index in [9.17, 15) is 5.11 Å². The number of aromatic nitrogens is 2. The second-order valence-corrected chi connectivity index (χ2v) is 4.94. The summed E-state index contributed by atoms with van der Waals surface area (Å²) in [6.07, 6.45) is -0.297. The minimum absolute atomic E-state index is 0.204. The number of rotatable bonds is 4. The third-order valence-corrected chi connectivity index (χ3v) is 3.76. The monoisotopic (exact) mass is 253 g/mol. The first-order valence-corrected chi connectivity index (χ1v) is 6.46. The number of hydrogen-bond donors (Lipinski definition) is 2. The molecular formula is C11H19N5O2. The molecule has 18 heavy (non-hydrogen) atoms. The molecule has 1 aromatic rings. The average Bonchev–Trinajstić information content (AvgIpc) is 2.90. The van der Waals surface area contributed by atoms with Crippen molar-refractivity contribution < 1.29 is 9.63 Å². The second-order valence-electron chi connectivity index (χ2n) is 4.94. The van der Waals surface area contributed by atoms with Crippen LogP contribution in [0.3, 0.4) is 0 Å². The van der Waals surface area contributed by atoms with E-state index in [1.54, 1.807) is 0 Å². The zero-order valence-electron chi connectivity index (χ0n) is 10.3. The summed E-state index contributed by atoms with van der Waals surface area (Å²) in [5.74, 6) is 0.971. The van der Waals surface area contributed by atoms with Gasteiger partial charge in [-0.2, -0.15) is 4.98 Å². The number of nitrogens with zero attached hydrogens (tertiary/aromatic N) is 4. The zero-order valence-corrected chi connectivity index (χ0v) is 10.3. The van der Waals surface area contributed by atoms with Crippen molar-refractivity contribution in [2.45, 2.75) is 18.6 Å². The van der Waals surface area contributed by atoms with Crippen LogP contribution in [0.2, 0.25) is 0 Å². The summed E-state index contributed by atoms with van der Waals surface area (Å²) in [4.78, 5) is 9.11. The van der Waals surface area contributed by atoms with Crippen molar-refractivity contribution in [1.82, 2.24) is 19.9 Å². The van der Waals surface area contributed by atoms with Crippen LogP contribution in [-0.2, 0) is 0 Å². The smallest absolute Gasteiger partial charge is 0.255 e. The van der Waals surface area contributed by atoms with Crippen molar-refractivity contribution in [3.8, 4) is 0 Å². The summed E-state index contributed by atoms with van der Waals surface area (Å²) in [7, 11) is 0. The third-order valence-electron chi connectivity index (χ3n) is 3.76. The van der Waals surface area contributed by atoms with Crippen molar-refractivity contribution in [3.63, 3.8) is 0 Å². The first-order chi connectivity index (χ1) is 8.78. The van der Waals surface area contributed by atoms with Crippen LogP contribution < -0.4 is 5.73 Å². The van der Waals surface area contributed by atoms with Gasteiger partial charge in [0, 0.05) is 32.7 Å². The van der Waals surface area contributed by atoms with Gasteiger partial charge in [0.15, 0.2) is 5.82 Å². The first-order valence-electron chi connectivity index (χ1n) is 6.46. The fourth-order valence-electron chi connectivity index (χ4n) is 2.66. The quantitative estimate of drug-likeness (QED) is 0.720. The van der Waals surface area contributed by atoms with Gasteiger partial charge >= 0.3 is 0 Å². The molecule has 0 radical (unpaired) electrons. The second kappa shape index (κ2) is 4.93. The van der Waals surface area contributed by atoms with Crippen molar-refractivity contribution in [1.29, 1.82) is 0 Å². The first kappa shape index (κ1) is 12.0.